The Bertz CT molecular complexity index is 374. The highest BCUT2D eigenvalue weighted by atomic mass is 79.9. The van der Waals surface area contributed by atoms with Gasteiger partial charge in [0.25, 0.3) is 6.43 Å². The van der Waals surface area contributed by atoms with Crippen LogP contribution < -0.4 is 0 Å². The van der Waals surface area contributed by atoms with Crippen LogP contribution in [0.3, 0.4) is 0 Å². The summed E-state index contributed by atoms with van der Waals surface area (Å²) in [6.07, 6.45) is -8.09. The lowest BCUT2D eigenvalue weighted by Crippen LogP contribution is -2.13. The lowest BCUT2D eigenvalue weighted by atomic mass is 10.1. The molecule has 1 aromatic rings. The van der Waals surface area contributed by atoms with Crippen LogP contribution in [0.15, 0.2) is 10.5 Å². The van der Waals surface area contributed by atoms with E-state index in [0.717, 1.165) is 6.07 Å². The molecule has 0 N–H and O–H groups in total. The van der Waals surface area contributed by atoms with Gasteiger partial charge in [-0.3, -0.25) is 0 Å². The smallest absolute Gasteiger partial charge is 0.248 e. The van der Waals surface area contributed by atoms with E-state index >= 15 is 0 Å². The first kappa shape index (κ1) is 12.4. The summed E-state index contributed by atoms with van der Waals surface area (Å²) in [7, 11) is 0. The van der Waals surface area contributed by atoms with Crippen molar-refractivity contribution in [2.24, 2.45) is 0 Å². The van der Waals surface area contributed by atoms with Crippen molar-refractivity contribution in [3.05, 3.63) is 27.5 Å². The molecule has 0 spiro atoms. The number of pyridine rings is 1. The first-order valence-corrected chi connectivity index (χ1v) is 4.55. The van der Waals surface area contributed by atoms with Crippen LogP contribution in [0.5, 0.6) is 0 Å². The zero-order valence-corrected chi connectivity index (χ0v) is 8.96. The summed E-state index contributed by atoms with van der Waals surface area (Å²) in [5.74, 6) is 0. The maximum atomic E-state index is 12.4. The predicted octanol–water partition coefficient (Wildman–Crippen LogP) is 4.11. The monoisotopic (exact) mass is 289 g/mol. The van der Waals surface area contributed by atoms with E-state index < -0.39 is 23.9 Å². The molecular formula is C8H5BrF5N. The highest BCUT2D eigenvalue weighted by Crippen LogP contribution is 2.38. The molecule has 1 nitrogen and oxygen atoms in total. The SMILES string of the molecule is Cc1cc(Br)c(C(F)F)c(C(F)(F)F)n1. The van der Waals surface area contributed by atoms with Gasteiger partial charge in [0, 0.05) is 10.2 Å². The molecule has 84 valence electrons. The van der Waals surface area contributed by atoms with Crippen molar-refractivity contribution in [2.45, 2.75) is 19.5 Å². The number of aromatic nitrogens is 1. The zero-order valence-electron chi connectivity index (χ0n) is 7.37. The molecule has 0 saturated carbocycles. The van der Waals surface area contributed by atoms with Gasteiger partial charge in [0.1, 0.15) is 0 Å². The van der Waals surface area contributed by atoms with Gasteiger partial charge in [0.2, 0.25) is 0 Å². The molecule has 0 aliphatic heterocycles. The number of alkyl halides is 5. The van der Waals surface area contributed by atoms with Crippen LogP contribution in [0, 0.1) is 6.92 Å². The second-order valence-corrected chi connectivity index (χ2v) is 3.66. The fourth-order valence-electron chi connectivity index (χ4n) is 1.07. The van der Waals surface area contributed by atoms with Gasteiger partial charge >= 0.3 is 6.18 Å². The third-order valence-corrected chi connectivity index (χ3v) is 2.28. The number of hydrogen-bond acceptors (Lipinski definition) is 1. The first-order chi connectivity index (χ1) is 6.73. The average Bonchev–Trinajstić information content (AvgIpc) is 1.99. The van der Waals surface area contributed by atoms with Gasteiger partial charge in [-0.15, -0.1) is 0 Å². The maximum absolute atomic E-state index is 12.4. The summed E-state index contributed by atoms with van der Waals surface area (Å²) in [5, 5.41) is 0. The Morgan fingerprint density at radius 2 is 1.87 bits per heavy atom. The number of hydrogen-bond donors (Lipinski definition) is 0. The van der Waals surface area contributed by atoms with Crippen molar-refractivity contribution in [1.82, 2.24) is 4.98 Å². The van der Waals surface area contributed by atoms with Crippen LogP contribution in [-0.2, 0) is 6.18 Å². The van der Waals surface area contributed by atoms with Crippen LogP contribution in [0.2, 0.25) is 0 Å². The van der Waals surface area contributed by atoms with Crippen LogP contribution in [-0.4, -0.2) is 4.98 Å². The molecule has 0 aliphatic rings. The molecule has 0 aromatic carbocycles. The fraction of sp³-hybridized carbons (Fsp3) is 0.375. The Morgan fingerprint density at radius 3 is 2.27 bits per heavy atom. The van der Waals surface area contributed by atoms with E-state index in [1.165, 1.54) is 6.92 Å². The van der Waals surface area contributed by atoms with E-state index in [0.29, 0.717) is 0 Å². The quantitative estimate of drug-likeness (QED) is 0.709. The lowest BCUT2D eigenvalue weighted by Gasteiger charge is -2.13. The topological polar surface area (TPSA) is 12.9 Å². The summed E-state index contributed by atoms with van der Waals surface area (Å²) < 4.78 is 61.5. The second-order valence-electron chi connectivity index (χ2n) is 2.81. The average molecular weight is 290 g/mol. The second kappa shape index (κ2) is 4.03. The van der Waals surface area contributed by atoms with E-state index in [-0.39, 0.29) is 10.2 Å². The molecular weight excluding hydrogens is 285 g/mol. The third kappa shape index (κ3) is 2.64. The fourth-order valence-corrected chi connectivity index (χ4v) is 1.76. The van der Waals surface area contributed by atoms with Crippen molar-refractivity contribution in [2.75, 3.05) is 0 Å². The summed E-state index contributed by atoms with van der Waals surface area (Å²) in [4.78, 5) is 3.09. The minimum absolute atomic E-state index is 0.0265. The molecule has 0 amide bonds. The Balaban J connectivity index is 3.47. The number of nitrogens with zero attached hydrogens (tertiary/aromatic N) is 1. The van der Waals surface area contributed by atoms with Crippen LogP contribution >= 0.6 is 15.9 Å². The maximum Gasteiger partial charge on any atom is 0.433 e. The van der Waals surface area contributed by atoms with E-state index in [9.17, 15) is 22.0 Å². The van der Waals surface area contributed by atoms with Gasteiger partial charge in [-0.05, 0) is 13.0 Å². The molecule has 0 unspecified atom stereocenters. The van der Waals surface area contributed by atoms with Gasteiger partial charge in [0.15, 0.2) is 5.69 Å². The molecule has 7 heteroatoms. The van der Waals surface area contributed by atoms with Gasteiger partial charge in [-0.1, -0.05) is 15.9 Å². The summed E-state index contributed by atoms with van der Waals surface area (Å²) >= 11 is 2.67. The lowest BCUT2D eigenvalue weighted by molar-refractivity contribution is -0.143. The molecule has 1 heterocycles. The van der Waals surface area contributed by atoms with E-state index in [2.05, 4.69) is 20.9 Å². The molecule has 15 heavy (non-hydrogen) atoms. The molecule has 0 radical (unpaired) electrons. The zero-order chi connectivity index (χ0) is 11.8. The van der Waals surface area contributed by atoms with Crippen molar-refractivity contribution < 1.29 is 22.0 Å². The van der Waals surface area contributed by atoms with E-state index in [1.807, 2.05) is 0 Å². The number of rotatable bonds is 1. The largest absolute Gasteiger partial charge is 0.433 e. The summed E-state index contributed by atoms with van der Waals surface area (Å²) in [6, 6.07) is 1.12. The van der Waals surface area contributed by atoms with Gasteiger partial charge in [-0.2, -0.15) is 13.2 Å². The van der Waals surface area contributed by atoms with E-state index in [1.54, 1.807) is 0 Å². The van der Waals surface area contributed by atoms with Gasteiger partial charge < -0.3 is 0 Å². The molecule has 0 aliphatic carbocycles. The summed E-state index contributed by atoms with van der Waals surface area (Å²) in [6.45, 7) is 1.30. The molecule has 1 rings (SSSR count). The number of aryl methyl sites for hydroxylation is 1. The molecule has 0 fully saturated rings. The van der Waals surface area contributed by atoms with Crippen LogP contribution in [0.1, 0.15) is 23.4 Å². The number of halogens is 6. The van der Waals surface area contributed by atoms with Crippen LogP contribution in [0.25, 0.3) is 0 Å². The molecule has 0 saturated heterocycles. The molecule has 1 aromatic heterocycles. The van der Waals surface area contributed by atoms with Crippen molar-refractivity contribution in [3.63, 3.8) is 0 Å². The molecule has 0 bridgehead atoms. The highest BCUT2D eigenvalue weighted by molar-refractivity contribution is 9.10. The Morgan fingerprint density at radius 1 is 1.33 bits per heavy atom. The van der Waals surface area contributed by atoms with Crippen LogP contribution in [0.4, 0.5) is 22.0 Å². The Labute approximate surface area is 90.4 Å². The van der Waals surface area contributed by atoms with Crippen molar-refractivity contribution >= 4 is 15.9 Å². The predicted molar refractivity (Wildman–Crippen MR) is 46.6 cm³/mol. The van der Waals surface area contributed by atoms with Gasteiger partial charge in [0.05, 0.1) is 5.56 Å². The standard InChI is InChI=1S/C8H5BrF5N/c1-3-2-4(9)5(7(10)11)6(15-3)8(12,13)14/h2,7H,1H3. The van der Waals surface area contributed by atoms with Gasteiger partial charge in [-0.25, -0.2) is 13.8 Å². The van der Waals surface area contributed by atoms with Crippen molar-refractivity contribution in [3.8, 4) is 0 Å². The molecule has 0 atom stereocenters. The normalized spacial score (nSPS) is 12.3. The summed E-state index contributed by atoms with van der Waals surface area (Å²) in [5.41, 5.74) is -2.63. The first-order valence-electron chi connectivity index (χ1n) is 3.76. The Hall–Kier alpha value is -0.720. The highest BCUT2D eigenvalue weighted by Gasteiger charge is 2.39. The minimum Gasteiger partial charge on any atom is -0.248 e. The minimum atomic E-state index is -4.87. The van der Waals surface area contributed by atoms with Crippen molar-refractivity contribution in [1.29, 1.82) is 0 Å². The van der Waals surface area contributed by atoms with E-state index in [4.69, 9.17) is 0 Å². The third-order valence-electron chi connectivity index (χ3n) is 1.62. The Kier molecular flexibility index (Phi) is 3.32.